The number of fused-ring (bicyclic) bond motifs is 2. The van der Waals surface area contributed by atoms with Crippen LogP contribution < -0.4 is 10.6 Å². The molecule has 2 saturated heterocycles. The van der Waals surface area contributed by atoms with Gasteiger partial charge in [0, 0.05) is 46.4 Å². The zero-order chi connectivity index (χ0) is 38.9. The molecule has 2 fully saturated rings. The first kappa shape index (κ1) is 35.4. The van der Waals surface area contributed by atoms with Crippen LogP contribution in [-0.4, -0.2) is 78.8 Å². The van der Waals surface area contributed by atoms with E-state index in [2.05, 4.69) is 30.8 Å². The summed E-state index contributed by atoms with van der Waals surface area (Å²) in [5, 5.41) is 16.2. The largest absolute Gasteiger partial charge is 0.416 e. The van der Waals surface area contributed by atoms with Crippen LogP contribution in [-0.2, 0) is 9.59 Å². The van der Waals surface area contributed by atoms with Gasteiger partial charge in [0.1, 0.15) is 23.5 Å². The molecule has 13 heteroatoms. The van der Waals surface area contributed by atoms with E-state index in [0.717, 1.165) is 34.6 Å². The lowest BCUT2D eigenvalue weighted by Gasteiger charge is -2.23. The van der Waals surface area contributed by atoms with Crippen LogP contribution in [0.2, 0.25) is 0 Å². The molecule has 282 valence electrons. The maximum atomic E-state index is 13.4. The lowest BCUT2D eigenvalue weighted by atomic mass is 10.1. The van der Waals surface area contributed by atoms with E-state index in [1.54, 1.807) is 70.5 Å². The van der Waals surface area contributed by atoms with Crippen molar-refractivity contribution in [3.05, 3.63) is 133 Å². The van der Waals surface area contributed by atoms with Crippen LogP contribution in [0.15, 0.2) is 126 Å². The SMILES string of the molecule is O=C(Nc1ccc(-c2nnc(-c3ccc(NC(=O)[C@@H]4CCCN4C(=O)c4ccc5ccccc5n4)cc3)o2)cc1)[C@@H]1CCCN1C(=O)c1ccc2ccccc2n1. The van der Waals surface area contributed by atoms with Gasteiger partial charge in [0.25, 0.3) is 11.8 Å². The second-order valence-corrected chi connectivity index (χ2v) is 14.1. The number of benzene rings is 4. The van der Waals surface area contributed by atoms with E-state index in [-0.39, 0.29) is 23.6 Å². The standard InChI is InChI=1S/C44H36N8O5/c53-39(37-11-5-25-51(37)43(55)35-23-17-27-7-1-3-9-33(27)47-35)45-31-19-13-29(14-20-31)41-49-50-42(57-41)30-15-21-32(22-16-30)46-40(54)38-12-6-26-52(38)44(56)36-24-18-28-8-2-4-10-34(28)48-36/h1-4,7-10,13-24,37-38H,5-6,11-12,25-26H2,(H,45,53)(H,46,54)/t37-,38-/m0/s1. The number of aromatic nitrogens is 4. The molecule has 9 rings (SSSR count). The van der Waals surface area contributed by atoms with Gasteiger partial charge in [-0.2, -0.15) is 0 Å². The number of hydrogen-bond donors (Lipinski definition) is 2. The van der Waals surface area contributed by atoms with Crippen LogP contribution in [0.25, 0.3) is 44.7 Å². The molecule has 2 aliphatic heterocycles. The first-order chi connectivity index (χ1) is 27.9. The normalized spacial score (nSPS) is 16.6. The number of amides is 4. The zero-order valence-corrected chi connectivity index (χ0v) is 30.7. The van der Waals surface area contributed by atoms with E-state index in [1.165, 1.54) is 0 Å². The van der Waals surface area contributed by atoms with E-state index >= 15 is 0 Å². The minimum absolute atomic E-state index is 0.263. The monoisotopic (exact) mass is 756 g/mol. The van der Waals surface area contributed by atoms with Crippen molar-refractivity contribution in [2.45, 2.75) is 37.8 Å². The predicted octanol–water partition coefficient (Wildman–Crippen LogP) is 6.99. The average molecular weight is 757 g/mol. The van der Waals surface area contributed by atoms with Gasteiger partial charge in [-0.05, 0) is 98.5 Å². The Balaban J connectivity index is 0.807. The van der Waals surface area contributed by atoms with Gasteiger partial charge in [-0.3, -0.25) is 19.2 Å². The number of para-hydroxylation sites is 2. The molecule has 0 unspecified atom stereocenters. The van der Waals surface area contributed by atoms with Crippen LogP contribution >= 0.6 is 0 Å². The molecule has 2 N–H and O–H groups in total. The first-order valence-corrected chi connectivity index (χ1v) is 18.9. The van der Waals surface area contributed by atoms with E-state index in [1.807, 2.05) is 60.7 Å². The number of rotatable bonds is 8. The van der Waals surface area contributed by atoms with Crippen molar-refractivity contribution < 1.29 is 23.6 Å². The lowest BCUT2D eigenvalue weighted by molar-refractivity contribution is -0.120. The number of nitrogens with zero attached hydrogens (tertiary/aromatic N) is 6. The van der Waals surface area contributed by atoms with Crippen LogP contribution in [0, 0.1) is 0 Å². The Morgan fingerprint density at radius 1 is 0.526 bits per heavy atom. The number of anilines is 2. The van der Waals surface area contributed by atoms with E-state index in [9.17, 15) is 19.2 Å². The summed E-state index contributed by atoms with van der Waals surface area (Å²) in [6.45, 7) is 0.960. The minimum atomic E-state index is -0.608. The highest BCUT2D eigenvalue weighted by atomic mass is 16.4. The molecule has 4 aromatic carbocycles. The second kappa shape index (κ2) is 15.1. The minimum Gasteiger partial charge on any atom is -0.416 e. The molecule has 0 bridgehead atoms. The maximum absolute atomic E-state index is 13.4. The van der Waals surface area contributed by atoms with Gasteiger partial charge in [0.15, 0.2) is 0 Å². The Bertz CT molecular complexity index is 2480. The summed E-state index contributed by atoms with van der Waals surface area (Å²) >= 11 is 0. The fourth-order valence-corrected chi connectivity index (χ4v) is 7.53. The third-order valence-electron chi connectivity index (χ3n) is 10.5. The second-order valence-electron chi connectivity index (χ2n) is 14.1. The van der Waals surface area contributed by atoms with Crippen LogP contribution in [0.1, 0.15) is 46.7 Å². The van der Waals surface area contributed by atoms with Crippen molar-refractivity contribution >= 4 is 56.8 Å². The Morgan fingerprint density at radius 3 is 1.39 bits per heavy atom. The molecule has 7 aromatic rings. The highest BCUT2D eigenvalue weighted by Gasteiger charge is 2.36. The first-order valence-electron chi connectivity index (χ1n) is 18.9. The number of likely N-dealkylation sites (tertiary alicyclic amines) is 2. The quantitative estimate of drug-likeness (QED) is 0.166. The summed E-state index contributed by atoms with van der Waals surface area (Å²) in [6, 6.07) is 35.2. The third kappa shape index (κ3) is 7.18. The van der Waals surface area contributed by atoms with Gasteiger partial charge in [-0.15, -0.1) is 10.2 Å². The molecular formula is C44H36N8O5. The van der Waals surface area contributed by atoms with Crippen molar-refractivity contribution in [2.75, 3.05) is 23.7 Å². The fourth-order valence-electron chi connectivity index (χ4n) is 7.53. The van der Waals surface area contributed by atoms with Crippen molar-refractivity contribution in [2.24, 2.45) is 0 Å². The summed E-state index contributed by atoms with van der Waals surface area (Å²) in [4.78, 5) is 65.8. The number of hydrogen-bond acceptors (Lipinski definition) is 9. The molecule has 2 atom stereocenters. The molecule has 13 nitrogen and oxygen atoms in total. The predicted molar refractivity (Wildman–Crippen MR) is 214 cm³/mol. The molecule has 0 spiro atoms. The number of pyridine rings is 2. The molecule has 2 aliphatic rings. The molecule has 0 aliphatic carbocycles. The van der Waals surface area contributed by atoms with E-state index < -0.39 is 12.1 Å². The number of carbonyl (C=O) groups is 4. The maximum Gasteiger partial charge on any atom is 0.273 e. The molecule has 3 aromatic heterocycles. The van der Waals surface area contributed by atoms with Crippen molar-refractivity contribution in [3.8, 4) is 22.9 Å². The van der Waals surface area contributed by atoms with Gasteiger partial charge in [0.2, 0.25) is 23.6 Å². The Hall–Kier alpha value is -7.28. The van der Waals surface area contributed by atoms with Gasteiger partial charge in [-0.1, -0.05) is 48.5 Å². The Kier molecular flexibility index (Phi) is 9.38. The van der Waals surface area contributed by atoms with Crippen molar-refractivity contribution in [1.82, 2.24) is 30.0 Å². The highest BCUT2D eigenvalue weighted by molar-refractivity contribution is 6.03. The van der Waals surface area contributed by atoms with E-state index in [4.69, 9.17) is 4.42 Å². The zero-order valence-electron chi connectivity index (χ0n) is 30.7. The van der Waals surface area contributed by atoms with Gasteiger partial charge >= 0.3 is 0 Å². The molecular weight excluding hydrogens is 721 g/mol. The lowest BCUT2D eigenvalue weighted by Crippen LogP contribution is -2.43. The van der Waals surface area contributed by atoms with Crippen molar-refractivity contribution in [3.63, 3.8) is 0 Å². The summed E-state index contributed by atoms with van der Waals surface area (Å²) in [5.41, 5.74) is 4.55. The smallest absolute Gasteiger partial charge is 0.273 e. The average Bonchev–Trinajstić information content (AvgIpc) is 4.06. The van der Waals surface area contributed by atoms with Gasteiger partial charge in [-0.25, -0.2) is 9.97 Å². The van der Waals surface area contributed by atoms with Crippen LogP contribution in [0.4, 0.5) is 11.4 Å². The fraction of sp³-hybridized carbons (Fsp3) is 0.182. The summed E-state index contributed by atoms with van der Waals surface area (Å²) in [6.07, 6.45) is 2.57. The van der Waals surface area contributed by atoms with Crippen LogP contribution in [0.3, 0.4) is 0 Å². The molecule has 0 saturated carbocycles. The molecule has 5 heterocycles. The van der Waals surface area contributed by atoms with Crippen molar-refractivity contribution in [1.29, 1.82) is 0 Å². The Labute approximate surface area is 326 Å². The highest BCUT2D eigenvalue weighted by Crippen LogP contribution is 2.28. The van der Waals surface area contributed by atoms with Gasteiger partial charge in [0.05, 0.1) is 11.0 Å². The summed E-state index contributed by atoms with van der Waals surface area (Å²) < 4.78 is 5.98. The van der Waals surface area contributed by atoms with Crippen LogP contribution in [0.5, 0.6) is 0 Å². The van der Waals surface area contributed by atoms with E-state index in [0.29, 0.717) is 71.6 Å². The number of carbonyl (C=O) groups excluding carboxylic acids is 4. The topological polar surface area (TPSA) is 164 Å². The molecule has 57 heavy (non-hydrogen) atoms. The molecule has 4 amide bonds. The Morgan fingerprint density at radius 2 is 0.947 bits per heavy atom. The third-order valence-corrected chi connectivity index (χ3v) is 10.5. The molecule has 0 radical (unpaired) electrons. The van der Waals surface area contributed by atoms with Gasteiger partial charge < -0.3 is 24.9 Å². The number of nitrogens with one attached hydrogen (secondary N) is 2. The summed E-state index contributed by atoms with van der Waals surface area (Å²) in [7, 11) is 0. The summed E-state index contributed by atoms with van der Waals surface area (Å²) in [5.74, 6) is -0.465.